The number of thioether (sulfide) groups is 1. The van der Waals surface area contributed by atoms with E-state index in [4.69, 9.17) is 0 Å². The molecular weight excluding hydrogens is 362 g/mol. The fraction of sp³-hybridized carbons (Fsp3) is 0.300. The zero-order valence-electron chi connectivity index (χ0n) is 14.9. The highest BCUT2D eigenvalue weighted by atomic mass is 32.2. The molecule has 0 fully saturated rings. The lowest BCUT2D eigenvalue weighted by molar-refractivity contribution is -0.118. The molecule has 1 amide bonds. The van der Waals surface area contributed by atoms with E-state index < -0.39 is 0 Å². The van der Waals surface area contributed by atoms with Crippen molar-refractivity contribution in [3.8, 4) is 0 Å². The Bertz CT molecular complexity index is 802. The van der Waals surface area contributed by atoms with Crippen LogP contribution in [0.2, 0.25) is 0 Å². The van der Waals surface area contributed by atoms with Crippen molar-refractivity contribution in [1.82, 2.24) is 15.2 Å². The Labute approximate surface area is 162 Å². The molecule has 0 aliphatic heterocycles. The molecule has 1 N–H and O–H groups in total. The summed E-state index contributed by atoms with van der Waals surface area (Å²) in [5, 5.41) is 4.07. The zero-order chi connectivity index (χ0) is 18.2. The van der Waals surface area contributed by atoms with Gasteiger partial charge >= 0.3 is 0 Å². The van der Waals surface area contributed by atoms with Gasteiger partial charge in [0.25, 0.3) is 0 Å². The number of carbonyl (C=O) groups is 1. The second-order valence-electron chi connectivity index (χ2n) is 6.14. The Morgan fingerprint density at radius 1 is 1.15 bits per heavy atom. The van der Waals surface area contributed by atoms with Crippen molar-refractivity contribution in [3.63, 3.8) is 0 Å². The number of thiazole rings is 1. The minimum atomic E-state index is 0.0872. The second-order valence-corrected chi connectivity index (χ2v) is 8.24. The Hall–Kier alpha value is -1.89. The van der Waals surface area contributed by atoms with E-state index in [-0.39, 0.29) is 5.91 Å². The van der Waals surface area contributed by atoms with Crippen LogP contribution in [0.5, 0.6) is 0 Å². The largest absolute Gasteiger partial charge is 0.354 e. The maximum Gasteiger partial charge on any atom is 0.230 e. The fourth-order valence-corrected chi connectivity index (χ4v) is 4.50. The number of aromatic nitrogens is 1. The molecule has 3 aromatic rings. The van der Waals surface area contributed by atoms with E-state index in [1.807, 2.05) is 36.4 Å². The number of likely N-dealkylation sites (N-methyl/N-ethyl adjacent to an activating group) is 1. The molecule has 1 aromatic heterocycles. The summed E-state index contributed by atoms with van der Waals surface area (Å²) in [6.45, 7) is 2.40. The molecule has 0 unspecified atom stereocenters. The number of hydrogen-bond donors (Lipinski definition) is 1. The highest BCUT2D eigenvalue weighted by Crippen LogP contribution is 2.24. The summed E-state index contributed by atoms with van der Waals surface area (Å²) >= 11 is 3.31. The molecule has 0 radical (unpaired) electrons. The molecule has 4 nitrogen and oxygen atoms in total. The van der Waals surface area contributed by atoms with Crippen LogP contribution < -0.4 is 5.32 Å². The van der Waals surface area contributed by atoms with E-state index in [0.717, 1.165) is 29.4 Å². The van der Waals surface area contributed by atoms with Gasteiger partial charge in [-0.15, -0.1) is 23.1 Å². The van der Waals surface area contributed by atoms with Crippen molar-refractivity contribution in [2.24, 2.45) is 0 Å². The van der Waals surface area contributed by atoms with E-state index in [0.29, 0.717) is 12.3 Å². The monoisotopic (exact) mass is 385 g/mol. The van der Waals surface area contributed by atoms with Crippen LogP contribution in [0.25, 0.3) is 10.2 Å². The average molecular weight is 386 g/mol. The van der Waals surface area contributed by atoms with Gasteiger partial charge in [-0.3, -0.25) is 4.79 Å². The molecular formula is C20H23N3OS2. The third-order valence-electron chi connectivity index (χ3n) is 3.91. The van der Waals surface area contributed by atoms with Crippen LogP contribution in [-0.2, 0) is 17.1 Å². The van der Waals surface area contributed by atoms with Gasteiger partial charge in [-0.25, -0.2) is 4.98 Å². The van der Waals surface area contributed by atoms with Crippen LogP contribution in [0.4, 0.5) is 0 Å². The van der Waals surface area contributed by atoms with Crippen molar-refractivity contribution < 1.29 is 4.79 Å². The maximum absolute atomic E-state index is 12.0. The minimum Gasteiger partial charge on any atom is -0.354 e. The molecule has 136 valence electrons. The number of nitrogens with zero attached hydrogens (tertiary/aromatic N) is 2. The summed E-state index contributed by atoms with van der Waals surface area (Å²) in [4.78, 5) is 18.8. The Kier molecular flexibility index (Phi) is 7.05. The number of benzene rings is 2. The molecule has 0 bridgehead atoms. The minimum absolute atomic E-state index is 0.0872. The Morgan fingerprint density at radius 2 is 1.92 bits per heavy atom. The summed E-state index contributed by atoms with van der Waals surface area (Å²) in [6.07, 6.45) is 0. The van der Waals surface area contributed by atoms with Crippen LogP contribution in [0.3, 0.4) is 0 Å². The molecule has 2 aromatic carbocycles. The van der Waals surface area contributed by atoms with Gasteiger partial charge in [0.1, 0.15) is 5.01 Å². The molecule has 0 spiro atoms. The summed E-state index contributed by atoms with van der Waals surface area (Å²) < 4.78 is 1.20. The summed E-state index contributed by atoms with van der Waals surface area (Å²) in [5.41, 5.74) is 2.33. The van der Waals surface area contributed by atoms with Crippen LogP contribution in [0.15, 0.2) is 54.6 Å². The molecule has 1 heterocycles. The molecule has 0 atom stereocenters. The maximum atomic E-state index is 12.0. The third-order valence-corrected chi connectivity index (χ3v) is 6.07. The van der Waals surface area contributed by atoms with Crippen molar-refractivity contribution in [2.75, 3.05) is 25.9 Å². The lowest BCUT2D eigenvalue weighted by Crippen LogP contribution is -2.33. The molecule has 0 aliphatic rings. The number of amides is 1. The number of hydrogen-bond acceptors (Lipinski definition) is 5. The molecule has 3 rings (SSSR count). The first-order chi connectivity index (χ1) is 12.7. The van der Waals surface area contributed by atoms with Crippen LogP contribution >= 0.6 is 23.1 Å². The number of carbonyl (C=O) groups excluding carboxylic acids is 1. The van der Waals surface area contributed by atoms with E-state index in [1.54, 1.807) is 23.1 Å². The predicted octanol–water partition coefficient (Wildman–Crippen LogP) is 3.78. The van der Waals surface area contributed by atoms with Crippen molar-refractivity contribution in [2.45, 2.75) is 12.3 Å². The SMILES string of the molecule is CN(CCNC(=O)CSCc1nc2ccccc2s1)Cc1ccccc1. The number of rotatable bonds is 9. The van der Waals surface area contributed by atoms with Gasteiger partial charge in [-0.05, 0) is 24.7 Å². The van der Waals surface area contributed by atoms with Gasteiger partial charge in [0.15, 0.2) is 0 Å². The van der Waals surface area contributed by atoms with Crippen molar-refractivity contribution >= 4 is 39.2 Å². The molecule has 26 heavy (non-hydrogen) atoms. The second kappa shape index (κ2) is 9.71. The number of nitrogens with one attached hydrogen (secondary N) is 1. The van der Waals surface area contributed by atoms with E-state index in [2.05, 4.69) is 40.4 Å². The normalized spacial score (nSPS) is 11.2. The molecule has 0 aliphatic carbocycles. The van der Waals surface area contributed by atoms with Gasteiger partial charge in [0.2, 0.25) is 5.91 Å². The van der Waals surface area contributed by atoms with E-state index in [1.165, 1.54) is 10.3 Å². The fourth-order valence-electron chi connectivity index (χ4n) is 2.62. The van der Waals surface area contributed by atoms with Gasteiger partial charge in [-0.2, -0.15) is 0 Å². The highest BCUT2D eigenvalue weighted by Gasteiger charge is 2.06. The zero-order valence-corrected chi connectivity index (χ0v) is 16.5. The topological polar surface area (TPSA) is 45.2 Å². The molecule has 6 heteroatoms. The van der Waals surface area contributed by atoms with Crippen LogP contribution in [0.1, 0.15) is 10.6 Å². The third kappa shape index (κ3) is 5.83. The Morgan fingerprint density at radius 3 is 2.73 bits per heavy atom. The van der Waals surface area contributed by atoms with Crippen LogP contribution in [-0.4, -0.2) is 41.7 Å². The quantitative estimate of drug-likeness (QED) is 0.609. The summed E-state index contributed by atoms with van der Waals surface area (Å²) in [6, 6.07) is 18.5. The molecule has 0 saturated heterocycles. The standard InChI is InChI=1S/C20H23N3OS2/c1-23(13-16-7-3-2-4-8-16)12-11-21-19(24)14-25-15-20-22-17-9-5-6-10-18(17)26-20/h2-10H,11-15H2,1H3,(H,21,24). The van der Waals surface area contributed by atoms with Gasteiger partial charge < -0.3 is 10.2 Å². The van der Waals surface area contributed by atoms with E-state index in [9.17, 15) is 4.79 Å². The first-order valence-electron chi connectivity index (χ1n) is 8.62. The van der Waals surface area contributed by atoms with Gasteiger partial charge in [0.05, 0.1) is 16.0 Å². The molecule has 0 saturated carbocycles. The first kappa shape index (κ1) is 18.9. The van der Waals surface area contributed by atoms with Crippen molar-refractivity contribution in [1.29, 1.82) is 0 Å². The van der Waals surface area contributed by atoms with Crippen molar-refractivity contribution in [3.05, 3.63) is 65.2 Å². The lowest BCUT2D eigenvalue weighted by atomic mass is 10.2. The number of fused-ring (bicyclic) bond motifs is 1. The van der Waals surface area contributed by atoms with Crippen LogP contribution in [0, 0.1) is 0 Å². The summed E-state index contributed by atoms with van der Waals surface area (Å²) in [5.74, 6) is 1.34. The van der Waals surface area contributed by atoms with Gasteiger partial charge in [0, 0.05) is 25.4 Å². The van der Waals surface area contributed by atoms with Gasteiger partial charge in [-0.1, -0.05) is 42.5 Å². The van der Waals surface area contributed by atoms with E-state index >= 15 is 0 Å². The Balaban J connectivity index is 1.31. The number of para-hydroxylation sites is 1. The predicted molar refractivity (Wildman–Crippen MR) is 112 cm³/mol. The summed E-state index contributed by atoms with van der Waals surface area (Å²) in [7, 11) is 2.07. The smallest absolute Gasteiger partial charge is 0.230 e. The average Bonchev–Trinajstić information content (AvgIpc) is 3.05. The lowest BCUT2D eigenvalue weighted by Gasteiger charge is -2.16. The first-order valence-corrected chi connectivity index (χ1v) is 10.6. The highest BCUT2D eigenvalue weighted by molar-refractivity contribution is 7.99.